The molecule has 0 aromatic carbocycles. The number of hydrogen-bond acceptors (Lipinski definition) is 5. The highest BCUT2D eigenvalue weighted by atomic mass is 16.7. The molecule has 3 unspecified atom stereocenters. The molecule has 1 fully saturated rings. The van der Waals surface area contributed by atoms with Gasteiger partial charge in [-0.2, -0.15) is 0 Å². The minimum absolute atomic E-state index is 0.0313. The van der Waals surface area contributed by atoms with Crippen molar-refractivity contribution >= 4 is 0 Å². The Morgan fingerprint density at radius 2 is 1.88 bits per heavy atom. The van der Waals surface area contributed by atoms with E-state index in [-0.39, 0.29) is 44.6 Å². The molecule has 3 atom stereocenters. The van der Waals surface area contributed by atoms with Crippen molar-refractivity contribution in [1.29, 1.82) is 0 Å². The number of aliphatic hydroxyl groups excluding tert-OH is 2. The lowest BCUT2D eigenvalue weighted by Crippen LogP contribution is -2.34. The lowest BCUT2D eigenvalue weighted by Gasteiger charge is -2.26. The molecule has 2 aliphatic heterocycles. The number of hydrogen-bond donors (Lipinski definition) is 2. The van der Waals surface area contributed by atoms with Crippen LogP contribution in [0, 0.1) is 5.92 Å². The van der Waals surface area contributed by atoms with Crippen LogP contribution in [0.15, 0.2) is 12.2 Å². The zero-order valence-electron chi connectivity index (χ0n) is 9.12. The van der Waals surface area contributed by atoms with Gasteiger partial charge >= 0.3 is 0 Å². The maximum atomic E-state index is 8.74. The van der Waals surface area contributed by atoms with E-state index in [1.165, 1.54) is 0 Å². The monoisotopic (exact) mass is 230 g/mol. The van der Waals surface area contributed by atoms with E-state index in [9.17, 15) is 0 Å². The maximum Gasteiger partial charge on any atom is 0.163 e. The van der Waals surface area contributed by atoms with Crippen LogP contribution in [0.4, 0.5) is 0 Å². The van der Waals surface area contributed by atoms with Crippen LogP contribution >= 0.6 is 0 Å². The molecule has 1 saturated heterocycles. The van der Waals surface area contributed by atoms with E-state index in [2.05, 4.69) is 6.08 Å². The van der Waals surface area contributed by atoms with Crippen LogP contribution in [0.5, 0.6) is 0 Å². The molecule has 0 amide bonds. The Morgan fingerprint density at radius 1 is 1.19 bits per heavy atom. The van der Waals surface area contributed by atoms with Gasteiger partial charge in [0.2, 0.25) is 0 Å². The molecule has 5 nitrogen and oxygen atoms in total. The van der Waals surface area contributed by atoms with Gasteiger partial charge in [0, 0.05) is 5.92 Å². The second-order valence-corrected chi connectivity index (χ2v) is 3.98. The molecule has 0 aromatic heterocycles. The number of ether oxygens (including phenoxy) is 3. The van der Waals surface area contributed by atoms with Crippen LogP contribution in [0.1, 0.15) is 6.42 Å². The summed E-state index contributed by atoms with van der Waals surface area (Å²) >= 11 is 0. The molecule has 16 heavy (non-hydrogen) atoms. The van der Waals surface area contributed by atoms with Crippen molar-refractivity contribution in [1.82, 2.24) is 0 Å². The molecule has 0 saturated carbocycles. The highest BCUT2D eigenvalue weighted by Gasteiger charge is 2.42. The first-order valence-electron chi connectivity index (χ1n) is 5.64. The van der Waals surface area contributed by atoms with Crippen molar-refractivity contribution in [3.05, 3.63) is 12.2 Å². The fourth-order valence-electron chi connectivity index (χ4n) is 2.21. The fourth-order valence-corrected chi connectivity index (χ4v) is 2.21. The van der Waals surface area contributed by atoms with Gasteiger partial charge in [0.25, 0.3) is 0 Å². The van der Waals surface area contributed by atoms with E-state index in [1.807, 2.05) is 6.08 Å². The van der Waals surface area contributed by atoms with Crippen LogP contribution < -0.4 is 0 Å². The van der Waals surface area contributed by atoms with Gasteiger partial charge < -0.3 is 24.4 Å². The second-order valence-electron chi connectivity index (χ2n) is 3.98. The molecule has 0 radical (unpaired) electrons. The molecular formula is C11H18O5. The quantitative estimate of drug-likeness (QED) is 0.463. The Kier molecular flexibility index (Phi) is 4.31. The summed E-state index contributed by atoms with van der Waals surface area (Å²) in [6.07, 6.45) is 4.77. The van der Waals surface area contributed by atoms with Crippen molar-refractivity contribution in [2.45, 2.75) is 24.9 Å². The van der Waals surface area contributed by atoms with Gasteiger partial charge in [-0.1, -0.05) is 12.2 Å². The molecule has 2 N–H and O–H groups in total. The summed E-state index contributed by atoms with van der Waals surface area (Å²) in [7, 11) is 0. The highest BCUT2D eigenvalue weighted by molar-refractivity contribution is 5.11. The van der Waals surface area contributed by atoms with Crippen molar-refractivity contribution in [3.8, 4) is 0 Å². The van der Waals surface area contributed by atoms with Crippen LogP contribution in [0.3, 0.4) is 0 Å². The molecule has 0 spiro atoms. The summed E-state index contributed by atoms with van der Waals surface area (Å²) in [6.45, 7) is 0.425. The first kappa shape index (κ1) is 12.0. The third-order valence-electron chi connectivity index (χ3n) is 2.87. The third kappa shape index (κ3) is 2.61. The third-order valence-corrected chi connectivity index (χ3v) is 2.87. The van der Waals surface area contributed by atoms with Gasteiger partial charge in [0.1, 0.15) is 0 Å². The van der Waals surface area contributed by atoms with E-state index in [0.717, 1.165) is 6.42 Å². The number of aliphatic hydroxyl groups is 2. The smallest absolute Gasteiger partial charge is 0.163 e. The van der Waals surface area contributed by atoms with E-state index < -0.39 is 6.29 Å². The Labute approximate surface area is 94.6 Å². The zero-order chi connectivity index (χ0) is 11.4. The van der Waals surface area contributed by atoms with Crippen LogP contribution in [-0.4, -0.2) is 55.1 Å². The van der Waals surface area contributed by atoms with Crippen LogP contribution in [0.2, 0.25) is 0 Å². The van der Waals surface area contributed by atoms with E-state index in [0.29, 0.717) is 0 Å². The van der Waals surface area contributed by atoms with E-state index >= 15 is 0 Å². The summed E-state index contributed by atoms with van der Waals surface area (Å²) in [5.74, 6) is 0.160. The fraction of sp³-hybridized carbons (Fsp3) is 0.818. The Morgan fingerprint density at radius 3 is 2.31 bits per heavy atom. The molecule has 2 bridgehead atoms. The lowest BCUT2D eigenvalue weighted by molar-refractivity contribution is -0.185. The summed E-state index contributed by atoms with van der Waals surface area (Å²) in [5.41, 5.74) is 0. The van der Waals surface area contributed by atoms with E-state index in [4.69, 9.17) is 24.4 Å². The van der Waals surface area contributed by atoms with Gasteiger partial charge in [-0.05, 0) is 6.42 Å². The molecule has 2 rings (SSSR count). The minimum Gasteiger partial charge on any atom is -0.394 e. The van der Waals surface area contributed by atoms with Gasteiger partial charge in [0.15, 0.2) is 6.29 Å². The Bertz CT molecular complexity index is 235. The van der Waals surface area contributed by atoms with Crippen molar-refractivity contribution < 1.29 is 24.4 Å². The topological polar surface area (TPSA) is 68.2 Å². The molecule has 92 valence electrons. The Hall–Kier alpha value is -0.460. The summed E-state index contributed by atoms with van der Waals surface area (Å²) in [6, 6.07) is 0. The first-order valence-corrected chi connectivity index (χ1v) is 5.64. The largest absolute Gasteiger partial charge is 0.394 e. The first-order chi connectivity index (χ1) is 7.85. The average molecular weight is 230 g/mol. The highest BCUT2D eigenvalue weighted by Crippen LogP contribution is 2.36. The predicted molar refractivity (Wildman–Crippen MR) is 55.8 cm³/mol. The van der Waals surface area contributed by atoms with Crippen LogP contribution in [0.25, 0.3) is 0 Å². The molecule has 0 aromatic rings. The van der Waals surface area contributed by atoms with Gasteiger partial charge in [-0.3, -0.25) is 0 Å². The minimum atomic E-state index is -0.403. The zero-order valence-corrected chi connectivity index (χ0v) is 9.12. The number of rotatable bonds is 7. The molecule has 5 heteroatoms. The summed E-state index contributed by atoms with van der Waals surface area (Å²) in [4.78, 5) is 0. The van der Waals surface area contributed by atoms with Crippen molar-refractivity contribution in [3.63, 3.8) is 0 Å². The van der Waals surface area contributed by atoms with Crippen molar-refractivity contribution in [2.75, 3.05) is 26.4 Å². The van der Waals surface area contributed by atoms with Gasteiger partial charge in [-0.25, -0.2) is 0 Å². The molecule has 2 heterocycles. The molecular weight excluding hydrogens is 212 g/mol. The molecule has 2 aliphatic rings. The average Bonchev–Trinajstić information content (AvgIpc) is 2.91. The summed E-state index contributed by atoms with van der Waals surface area (Å²) in [5, 5.41) is 17.5. The SMILES string of the molecule is OCCOC(OCCO)C1CC2C=CC1O2. The summed E-state index contributed by atoms with van der Waals surface area (Å²) < 4.78 is 16.5. The maximum absolute atomic E-state index is 8.74. The van der Waals surface area contributed by atoms with Crippen LogP contribution in [-0.2, 0) is 14.2 Å². The Balaban J connectivity index is 1.87. The second kappa shape index (κ2) is 5.75. The number of fused-ring (bicyclic) bond motifs is 2. The standard InChI is InChI=1S/C11H18O5/c12-3-5-14-11(15-6-4-13)9-7-8-1-2-10(9)16-8/h1-2,8-13H,3-7H2. The van der Waals surface area contributed by atoms with E-state index in [1.54, 1.807) is 0 Å². The lowest BCUT2D eigenvalue weighted by atomic mass is 9.94. The van der Waals surface area contributed by atoms with Gasteiger partial charge in [-0.15, -0.1) is 0 Å². The normalized spacial score (nSPS) is 31.8. The van der Waals surface area contributed by atoms with Crippen molar-refractivity contribution in [2.24, 2.45) is 5.92 Å². The predicted octanol–water partition coefficient (Wildman–Crippen LogP) is -0.326. The molecule has 0 aliphatic carbocycles. The van der Waals surface area contributed by atoms with Gasteiger partial charge in [0.05, 0.1) is 38.6 Å².